The van der Waals surface area contributed by atoms with Crippen molar-refractivity contribution >= 4 is 11.3 Å². The van der Waals surface area contributed by atoms with Crippen molar-refractivity contribution < 1.29 is 4.74 Å². The van der Waals surface area contributed by atoms with Crippen molar-refractivity contribution in [2.24, 2.45) is 0 Å². The molecule has 0 radical (unpaired) electrons. The number of methoxy groups -OCH3 is 1. The average Bonchev–Trinajstić information content (AvgIpc) is 2.86. The first-order valence-corrected chi connectivity index (χ1v) is 5.82. The van der Waals surface area contributed by atoms with Gasteiger partial charge in [0.2, 0.25) is 0 Å². The summed E-state index contributed by atoms with van der Waals surface area (Å²) in [4.78, 5) is 5.58. The first-order valence-electron chi connectivity index (χ1n) is 5.00. The van der Waals surface area contributed by atoms with Crippen LogP contribution in [0.2, 0.25) is 0 Å². The fourth-order valence-corrected chi connectivity index (χ4v) is 2.93. The van der Waals surface area contributed by atoms with E-state index in [1.54, 1.807) is 18.4 Å². The molecule has 2 unspecified atom stereocenters. The van der Waals surface area contributed by atoms with E-state index in [1.165, 1.54) is 24.1 Å². The summed E-state index contributed by atoms with van der Waals surface area (Å²) in [7, 11) is 3.72. The Balaban J connectivity index is 2.02. The summed E-state index contributed by atoms with van der Waals surface area (Å²) >= 11 is 1.68. The van der Waals surface area contributed by atoms with Crippen LogP contribution in [0.3, 0.4) is 0 Å². The number of aromatic nitrogens is 1. The molecule has 0 amide bonds. The van der Waals surface area contributed by atoms with Crippen molar-refractivity contribution in [2.75, 3.05) is 14.2 Å². The molecule has 0 aliphatic heterocycles. The van der Waals surface area contributed by atoms with E-state index < -0.39 is 0 Å². The van der Waals surface area contributed by atoms with Crippen molar-refractivity contribution in [3.8, 4) is 5.19 Å². The molecule has 0 bridgehead atoms. The number of ether oxygens (including phenoxy) is 1. The number of nitrogens with one attached hydrogen (secondary N) is 1. The van der Waals surface area contributed by atoms with Crippen molar-refractivity contribution in [3.63, 3.8) is 0 Å². The maximum atomic E-state index is 5.10. The minimum absolute atomic E-state index is 0.688. The maximum Gasteiger partial charge on any atom is 0.273 e. The Labute approximate surface area is 88.5 Å². The van der Waals surface area contributed by atoms with E-state index >= 15 is 0 Å². The number of rotatable bonds is 3. The van der Waals surface area contributed by atoms with E-state index in [0.717, 1.165) is 5.19 Å². The van der Waals surface area contributed by atoms with Crippen molar-refractivity contribution in [2.45, 2.75) is 31.2 Å². The highest BCUT2D eigenvalue weighted by Gasteiger charge is 2.26. The zero-order chi connectivity index (χ0) is 9.97. The lowest BCUT2D eigenvalue weighted by Gasteiger charge is -2.07. The van der Waals surface area contributed by atoms with Crippen LogP contribution in [0.5, 0.6) is 5.19 Å². The second kappa shape index (κ2) is 4.28. The summed E-state index contributed by atoms with van der Waals surface area (Å²) in [5.74, 6) is 0.689. The Morgan fingerprint density at radius 3 is 3.00 bits per heavy atom. The molecule has 1 aromatic rings. The number of hydrogen-bond acceptors (Lipinski definition) is 4. The van der Waals surface area contributed by atoms with Gasteiger partial charge in [-0.3, -0.25) is 0 Å². The largest absolute Gasteiger partial charge is 0.473 e. The van der Waals surface area contributed by atoms with E-state index in [1.807, 2.05) is 13.2 Å². The molecule has 2 atom stereocenters. The third kappa shape index (κ3) is 1.91. The van der Waals surface area contributed by atoms with Crippen molar-refractivity contribution in [1.82, 2.24) is 10.3 Å². The molecule has 2 rings (SSSR count). The minimum atomic E-state index is 0.688. The molecule has 1 aliphatic rings. The Bertz CT molecular complexity index is 300. The van der Waals surface area contributed by atoms with Crippen molar-refractivity contribution in [3.05, 3.63) is 11.1 Å². The quantitative estimate of drug-likeness (QED) is 0.832. The molecule has 1 aromatic heterocycles. The second-order valence-corrected chi connectivity index (χ2v) is 4.75. The molecule has 78 valence electrons. The molecule has 1 N–H and O–H groups in total. The fraction of sp³-hybridized carbons (Fsp3) is 0.700. The van der Waals surface area contributed by atoms with Crippen LogP contribution in [0.1, 0.15) is 30.1 Å². The Hall–Kier alpha value is -0.610. The predicted octanol–water partition coefficient (Wildman–Crippen LogP) is 2.01. The van der Waals surface area contributed by atoms with Gasteiger partial charge >= 0.3 is 0 Å². The van der Waals surface area contributed by atoms with Gasteiger partial charge < -0.3 is 10.1 Å². The first-order chi connectivity index (χ1) is 6.83. The average molecular weight is 212 g/mol. The van der Waals surface area contributed by atoms with E-state index in [0.29, 0.717) is 12.0 Å². The molecule has 3 nitrogen and oxygen atoms in total. The van der Waals surface area contributed by atoms with Gasteiger partial charge in [0.25, 0.3) is 5.19 Å². The number of thiazole rings is 1. The number of hydrogen-bond donors (Lipinski definition) is 1. The first kappa shape index (κ1) is 9.93. The van der Waals surface area contributed by atoms with Gasteiger partial charge in [0.15, 0.2) is 0 Å². The maximum absolute atomic E-state index is 5.10. The predicted molar refractivity (Wildman–Crippen MR) is 58.1 cm³/mol. The molecule has 0 aromatic carbocycles. The highest BCUT2D eigenvalue weighted by atomic mass is 32.1. The summed E-state index contributed by atoms with van der Waals surface area (Å²) < 4.78 is 5.10. The molecule has 1 fully saturated rings. The molecule has 1 saturated carbocycles. The van der Waals surface area contributed by atoms with Gasteiger partial charge in [-0.2, -0.15) is 0 Å². The Morgan fingerprint density at radius 1 is 1.57 bits per heavy atom. The van der Waals surface area contributed by atoms with E-state index in [2.05, 4.69) is 10.3 Å². The highest BCUT2D eigenvalue weighted by Crippen LogP contribution is 2.38. The van der Waals surface area contributed by atoms with E-state index in [-0.39, 0.29) is 0 Å². The fourth-order valence-electron chi connectivity index (χ4n) is 2.06. The topological polar surface area (TPSA) is 34.2 Å². The molecule has 0 saturated heterocycles. The normalized spacial score (nSPS) is 26.7. The lowest BCUT2D eigenvalue weighted by Crippen LogP contribution is -2.20. The van der Waals surface area contributed by atoms with Crippen LogP contribution in [-0.4, -0.2) is 25.2 Å². The van der Waals surface area contributed by atoms with Gasteiger partial charge in [0.1, 0.15) is 0 Å². The molecule has 4 heteroatoms. The van der Waals surface area contributed by atoms with E-state index in [4.69, 9.17) is 4.74 Å². The lowest BCUT2D eigenvalue weighted by molar-refractivity contribution is 0.412. The zero-order valence-corrected chi connectivity index (χ0v) is 9.43. The van der Waals surface area contributed by atoms with Crippen LogP contribution >= 0.6 is 11.3 Å². The SMILES string of the molecule is CNC1CCC(c2cnc(OC)s2)C1. The van der Waals surface area contributed by atoms with Crippen LogP contribution in [0, 0.1) is 0 Å². The van der Waals surface area contributed by atoms with Gasteiger partial charge in [-0.15, -0.1) is 0 Å². The standard InChI is InChI=1S/C10H16N2OS/c1-11-8-4-3-7(5-8)9-6-12-10(13-2)14-9/h6-8,11H,3-5H2,1-2H3. The monoisotopic (exact) mass is 212 g/mol. The summed E-state index contributed by atoms with van der Waals surface area (Å²) in [5, 5.41) is 4.12. The molecular formula is C10H16N2OS. The van der Waals surface area contributed by atoms with Crippen LogP contribution < -0.4 is 10.1 Å². The molecular weight excluding hydrogens is 196 g/mol. The zero-order valence-electron chi connectivity index (χ0n) is 8.62. The van der Waals surface area contributed by atoms with Crippen molar-refractivity contribution in [1.29, 1.82) is 0 Å². The number of nitrogens with zero attached hydrogens (tertiary/aromatic N) is 1. The lowest BCUT2D eigenvalue weighted by atomic mass is 10.1. The third-order valence-corrected chi connectivity index (χ3v) is 4.04. The molecule has 1 heterocycles. The minimum Gasteiger partial charge on any atom is -0.473 e. The molecule has 0 spiro atoms. The van der Waals surface area contributed by atoms with E-state index in [9.17, 15) is 0 Å². The highest BCUT2D eigenvalue weighted by molar-refractivity contribution is 7.13. The van der Waals surface area contributed by atoms with Gasteiger partial charge in [-0.25, -0.2) is 4.98 Å². The van der Waals surface area contributed by atoms with Crippen LogP contribution in [0.4, 0.5) is 0 Å². The smallest absolute Gasteiger partial charge is 0.273 e. The third-order valence-electron chi connectivity index (χ3n) is 2.92. The van der Waals surface area contributed by atoms with Gasteiger partial charge in [-0.05, 0) is 32.2 Å². The summed E-state index contributed by atoms with van der Waals surface area (Å²) in [6, 6.07) is 0.688. The van der Waals surface area contributed by atoms with Gasteiger partial charge in [0.05, 0.1) is 7.11 Å². The van der Waals surface area contributed by atoms with Crippen LogP contribution in [0.15, 0.2) is 6.20 Å². The van der Waals surface area contributed by atoms with Crippen LogP contribution in [0.25, 0.3) is 0 Å². The second-order valence-electron chi connectivity index (χ2n) is 3.73. The molecule has 14 heavy (non-hydrogen) atoms. The Kier molecular flexibility index (Phi) is 3.03. The van der Waals surface area contributed by atoms with Crippen LogP contribution in [-0.2, 0) is 0 Å². The summed E-state index contributed by atoms with van der Waals surface area (Å²) in [6.45, 7) is 0. The summed E-state index contributed by atoms with van der Waals surface area (Å²) in [5.41, 5.74) is 0. The van der Waals surface area contributed by atoms with Gasteiger partial charge in [-0.1, -0.05) is 11.3 Å². The van der Waals surface area contributed by atoms with Gasteiger partial charge in [0, 0.05) is 17.1 Å². The Morgan fingerprint density at radius 2 is 2.43 bits per heavy atom. The summed E-state index contributed by atoms with van der Waals surface area (Å²) in [6.07, 6.45) is 5.76. The molecule has 1 aliphatic carbocycles.